The Bertz CT molecular complexity index is 402. The molecule has 1 N–H and O–H groups in total. The largest absolute Gasteiger partial charge is 0.508 e. The first-order valence-corrected chi connectivity index (χ1v) is 4.86. The summed E-state index contributed by atoms with van der Waals surface area (Å²) < 4.78 is 5.55. The van der Waals surface area contributed by atoms with Crippen molar-refractivity contribution >= 4 is 5.84 Å². The van der Waals surface area contributed by atoms with Crippen LogP contribution in [0.3, 0.4) is 0 Å². The number of likely N-dealkylation sites (N-methyl/N-ethyl adjacent to an activating group) is 1. The van der Waals surface area contributed by atoms with Crippen molar-refractivity contribution in [3.63, 3.8) is 0 Å². The van der Waals surface area contributed by atoms with E-state index in [1.54, 1.807) is 19.2 Å². The zero-order valence-electron chi connectivity index (χ0n) is 8.90. The number of hydrogen-bond acceptors (Lipinski definition) is 3. The van der Waals surface area contributed by atoms with E-state index in [0.717, 1.165) is 17.9 Å². The van der Waals surface area contributed by atoms with Crippen LogP contribution in [0.25, 0.3) is 0 Å². The number of phenolic OH excluding ortho intramolecular Hbond substituents is 1. The number of ether oxygens (including phenoxy) is 1. The molecule has 80 valence electrons. The predicted octanol–water partition coefficient (Wildman–Crippen LogP) is 1.09. The summed E-state index contributed by atoms with van der Waals surface area (Å²) in [6, 6.07) is 5.10. The molecule has 0 fully saturated rings. The van der Waals surface area contributed by atoms with E-state index in [9.17, 15) is 5.11 Å². The Morgan fingerprint density at radius 1 is 1.47 bits per heavy atom. The minimum atomic E-state index is 0.216. The van der Waals surface area contributed by atoms with Crippen molar-refractivity contribution < 1.29 is 9.84 Å². The fourth-order valence-corrected chi connectivity index (χ4v) is 1.71. The van der Waals surface area contributed by atoms with Crippen molar-refractivity contribution in [1.82, 2.24) is 4.90 Å². The van der Waals surface area contributed by atoms with Gasteiger partial charge in [-0.2, -0.15) is 0 Å². The fraction of sp³-hybridized carbons (Fsp3) is 0.364. The molecule has 4 heteroatoms. The van der Waals surface area contributed by atoms with Gasteiger partial charge in [0, 0.05) is 20.2 Å². The molecule has 15 heavy (non-hydrogen) atoms. The Kier molecular flexibility index (Phi) is 2.49. The summed E-state index contributed by atoms with van der Waals surface area (Å²) in [6.07, 6.45) is 0. The summed E-state index contributed by atoms with van der Waals surface area (Å²) >= 11 is 0. The van der Waals surface area contributed by atoms with Crippen LogP contribution in [0.1, 0.15) is 5.56 Å². The summed E-state index contributed by atoms with van der Waals surface area (Å²) in [6.45, 7) is 1.40. The van der Waals surface area contributed by atoms with Crippen LogP contribution in [0.2, 0.25) is 0 Å². The number of rotatable bonds is 0. The van der Waals surface area contributed by atoms with Crippen molar-refractivity contribution in [1.29, 1.82) is 0 Å². The molecule has 1 aromatic rings. The van der Waals surface area contributed by atoms with Crippen LogP contribution < -0.4 is 4.74 Å². The van der Waals surface area contributed by atoms with Crippen molar-refractivity contribution in [3.8, 4) is 11.5 Å². The summed E-state index contributed by atoms with van der Waals surface area (Å²) in [4.78, 5) is 6.29. The maximum atomic E-state index is 9.37. The molecule has 0 spiro atoms. The van der Waals surface area contributed by atoms with Crippen molar-refractivity contribution in [3.05, 3.63) is 23.8 Å². The zero-order valence-corrected chi connectivity index (χ0v) is 8.90. The number of phenols is 1. The molecule has 1 aromatic carbocycles. The highest BCUT2D eigenvalue weighted by Gasteiger charge is 2.18. The monoisotopic (exact) mass is 206 g/mol. The molecule has 0 atom stereocenters. The predicted molar refractivity (Wildman–Crippen MR) is 58.7 cm³/mol. The fourth-order valence-electron chi connectivity index (χ4n) is 1.71. The number of benzene rings is 1. The lowest BCUT2D eigenvalue weighted by Gasteiger charge is -2.17. The van der Waals surface area contributed by atoms with E-state index in [0.29, 0.717) is 12.4 Å². The van der Waals surface area contributed by atoms with Gasteiger partial charge in [-0.05, 0) is 12.1 Å². The third-order valence-electron chi connectivity index (χ3n) is 2.46. The Morgan fingerprint density at radius 2 is 2.27 bits per heavy atom. The molecule has 0 saturated carbocycles. The average molecular weight is 206 g/mol. The highest BCUT2D eigenvalue weighted by molar-refractivity contribution is 6.01. The lowest BCUT2D eigenvalue weighted by atomic mass is 10.1. The highest BCUT2D eigenvalue weighted by Crippen LogP contribution is 2.27. The Morgan fingerprint density at radius 3 is 3.00 bits per heavy atom. The second-order valence-electron chi connectivity index (χ2n) is 3.50. The molecule has 1 aliphatic rings. The minimum Gasteiger partial charge on any atom is -0.508 e. The lowest BCUT2D eigenvalue weighted by Crippen LogP contribution is -2.28. The summed E-state index contributed by atoms with van der Waals surface area (Å²) in [5.41, 5.74) is 0.926. The number of amidine groups is 1. The quantitative estimate of drug-likeness (QED) is 0.691. The van der Waals surface area contributed by atoms with Crippen LogP contribution >= 0.6 is 0 Å². The molecule has 0 radical (unpaired) electrons. The van der Waals surface area contributed by atoms with E-state index in [2.05, 4.69) is 4.99 Å². The normalized spacial score (nSPS) is 18.3. The van der Waals surface area contributed by atoms with Crippen LogP contribution in [0, 0.1) is 0 Å². The molecule has 0 aromatic heterocycles. The molecule has 2 rings (SSSR count). The Hall–Kier alpha value is -1.71. The van der Waals surface area contributed by atoms with Crippen molar-refractivity contribution in [2.75, 3.05) is 27.2 Å². The molecule has 0 saturated heterocycles. The molecule has 0 aliphatic carbocycles. The maximum absolute atomic E-state index is 9.37. The van der Waals surface area contributed by atoms with Gasteiger partial charge in [0.2, 0.25) is 0 Å². The number of hydrogen-bond donors (Lipinski definition) is 1. The first kappa shape index (κ1) is 9.83. The Balaban J connectivity index is 2.53. The smallest absolute Gasteiger partial charge is 0.134 e. The lowest BCUT2D eigenvalue weighted by molar-refractivity contribution is 0.293. The van der Waals surface area contributed by atoms with E-state index in [-0.39, 0.29) is 5.75 Å². The molecule has 0 unspecified atom stereocenters. The van der Waals surface area contributed by atoms with Gasteiger partial charge in [-0.15, -0.1) is 0 Å². The zero-order chi connectivity index (χ0) is 10.8. The Labute approximate surface area is 88.8 Å². The number of aliphatic imine (C=N–C) groups is 1. The second kappa shape index (κ2) is 3.81. The minimum absolute atomic E-state index is 0.216. The van der Waals surface area contributed by atoms with Gasteiger partial charge in [-0.25, -0.2) is 0 Å². The molecular formula is C11H14N2O2. The van der Waals surface area contributed by atoms with Gasteiger partial charge >= 0.3 is 0 Å². The second-order valence-corrected chi connectivity index (χ2v) is 3.50. The van der Waals surface area contributed by atoms with Gasteiger partial charge < -0.3 is 14.7 Å². The van der Waals surface area contributed by atoms with Crippen LogP contribution in [0.15, 0.2) is 23.2 Å². The number of nitrogens with zero attached hydrogens (tertiary/aromatic N) is 2. The topological polar surface area (TPSA) is 45.1 Å². The van der Waals surface area contributed by atoms with Gasteiger partial charge in [-0.3, -0.25) is 4.99 Å². The third-order valence-corrected chi connectivity index (χ3v) is 2.46. The number of aromatic hydroxyl groups is 1. The van der Waals surface area contributed by atoms with Gasteiger partial charge in [-0.1, -0.05) is 0 Å². The van der Waals surface area contributed by atoms with Gasteiger partial charge in [0.1, 0.15) is 23.9 Å². The summed E-state index contributed by atoms with van der Waals surface area (Å²) in [5, 5.41) is 9.37. The van der Waals surface area contributed by atoms with Gasteiger partial charge in [0.15, 0.2) is 0 Å². The summed E-state index contributed by atoms with van der Waals surface area (Å²) in [7, 11) is 3.74. The van der Waals surface area contributed by atoms with E-state index in [1.165, 1.54) is 0 Å². The first-order chi connectivity index (χ1) is 7.22. The van der Waals surface area contributed by atoms with Crippen LogP contribution in [0.4, 0.5) is 0 Å². The molecule has 4 nitrogen and oxygen atoms in total. The molecule has 1 heterocycles. The standard InChI is InChI=1S/C11H14N2O2/c1-12-11-9-4-3-8(14)7-10(9)15-6-5-13(11)2/h3-4,7,14H,5-6H2,1-2H3. The third kappa shape index (κ3) is 1.75. The number of fused-ring (bicyclic) bond motifs is 1. The van der Waals surface area contributed by atoms with Crippen LogP contribution in [-0.2, 0) is 0 Å². The van der Waals surface area contributed by atoms with E-state index in [4.69, 9.17) is 4.74 Å². The van der Waals surface area contributed by atoms with Gasteiger partial charge in [0.25, 0.3) is 0 Å². The first-order valence-electron chi connectivity index (χ1n) is 4.86. The van der Waals surface area contributed by atoms with Gasteiger partial charge in [0.05, 0.1) is 12.1 Å². The highest BCUT2D eigenvalue weighted by atomic mass is 16.5. The van der Waals surface area contributed by atoms with E-state index in [1.807, 2.05) is 18.0 Å². The molecule has 0 bridgehead atoms. The SMILES string of the molecule is CN=C1c2ccc(O)cc2OCCN1C. The molecular weight excluding hydrogens is 192 g/mol. The van der Waals surface area contributed by atoms with Crippen molar-refractivity contribution in [2.24, 2.45) is 4.99 Å². The van der Waals surface area contributed by atoms with Crippen LogP contribution in [-0.4, -0.2) is 43.1 Å². The molecule has 1 aliphatic heterocycles. The van der Waals surface area contributed by atoms with Crippen molar-refractivity contribution in [2.45, 2.75) is 0 Å². The molecule has 0 amide bonds. The maximum Gasteiger partial charge on any atom is 0.134 e. The van der Waals surface area contributed by atoms with Crippen LogP contribution in [0.5, 0.6) is 11.5 Å². The van der Waals surface area contributed by atoms with E-state index >= 15 is 0 Å². The van der Waals surface area contributed by atoms with E-state index < -0.39 is 0 Å². The average Bonchev–Trinajstić information content (AvgIpc) is 2.36. The summed E-state index contributed by atoms with van der Waals surface area (Å²) in [5.74, 6) is 1.80.